The smallest absolute Gasteiger partial charge is 0.248 e. The van der Waals surface area contributed by atoms with Crippen LogP contribution in [0.5, 0.6) is 0 Å². The summed E-state index contributed by atoms with van der Waals surface area (Å²) in [6, 6.07) is 3.86. The van der Waals surface area contributed by atoms with E-state index in [1.807, 2.05) is 0 Å². The molecule has 0 saturated carbocycles. The molecule has 0 bridgehead atoms. The molecule has 0 aromatic carbocycles. The molecule has 2 aromatic rings. The molecule has 0 radical (unpaired) electrons. The third kappa shape index (κ3) is 4.07. The largest absolute Gasteiger partial charge is 0.419 e. The van der Waals surface area contributed by atoms with Crippen LogP contribution >= 0.6 is 21.6 Å². The molecule has 2 heterocycles. The predicted octanol–water partition coefficient (Wildman–Crippen LogP) is 5.31. The van der Waals surface area contributed by atoms with E-state index in [4.69, 9.17) is 0 Å². The molecule has 0 atom stereocenters. The Morgan fingerprint density at radius 3 is 1.36 bits per heavy atom. The standard InChI is InChI=1S/C12H6F6N2S2/c13-11(14,15)7-3-1-5-19-9(7)21-22-10-8(12(16,17)18)4-2-6-20-10/h1-6H. The van der Waals surface area contributed by atoms with Gasteiger partial charge in [-0.25, -0.2) is 9.97 Å². The van der Waals surface area contributed by atoms with E-state index in [2.05, 4.69) is 9.97 Å². The highest BCUT2D eigenvalue weighted by Gasteiger charge is 2.36. The molecule has 0 fully saturated rings. The molecule has 2 rings (SSSR count). The second-order valence-corrected chi connectivity index (χ2v) is 5.98. The van der Waals surface area contributed by atoms with Crippen LogP contribution in [0.15, 0.2) is 46.7 Å². The van der Waals surface area contributed by atoms with Gasteiger partial charge in [0.15, 0.2) is 0 Å². The van der Waals surface area contributed by atoms with E-state index < -0.39 is 33.5 Å². The molecule has 0 amide bonds. The van der Waals surface area contributed by atoms with Gasteiger partial charge in [-0.1, -0.05) is 0 Å². The molecule has 0 aliphatic carbocycles. The number of nitrogens with zero attached hydrogens (tertiary/aromatic N) is 2. The molecule has 0 N–H and O–H groups in total. The van der Waals surface area contributed by atoms with Crippen LogP contribution in [0.25, 0.3) is 0 Å². The number of halogens is 6. The fourth-order valence-electron chi connectivity index (χ4n) is 1.42. The summed E-state index contributed by atoms with van der Waals surface area (Å²) in [5, 5.41) is -0.836. The Morgan fingerprint density at radius 2 is 1.05 bits per heavy atom. The molecule has 0 saturated heterocycles. The Bertz CT molecular complexity index is 599. The van der Waals surface area contributed by atoms with Crippen LogP contribution < -0.4 is 0 Å². The minimum atomic E-state index is -4.63. The SMILES string of the molecule is FC(F)(F)c1cccnc1SSc1ncccc1C(F)(F)F. The van der Waals surface area contributed by atoms with Crippen LogP contribution in [0.4, 0.5) is 26.3 Å². The summed E-state index contributed by atoms with van der Waals surface area (Å²) < 4.78 is 76.7. The van der Waals surface area contributed by atoms with E-state index >= 15 is 0 Å². The van der Waals surface area contributed by atoms with Gasteiger partial charge in [-0.15, -0.1) is 0 Å². The monoisotopic (exact) mass is 356 g/mol. The van der Waals surface area contributed by atoms with Gasteiger partial charge in [0.25, 0.3) is 0 Å². The van der Waals surface area contributed by atoms with Crippen molar-refractivity contribution in [2.45, 2.75) is 22.4 Å². The number of pyridine rings is 2. The molecule has 0 spiro atoms. The number of alkyl halides is 6. The van der Waals surface area contributed by atoms with Gasteiger partial charge in [0.05, 0.1) is 11.1 Å². The number of hydrogen-bond donors (Lipinski definition) is 0. The summed E-state index contributed by atoms with van der Waals surface area (Å²) in [4.78, 5) is 7.13. The van der Waals surface area contributed by atoms with E-state index in [-0.39, 0.29) is 0 Å². The quantitative estimate of drug-likeness (QED) is 0.550. The van der Waals surface area contributed by atoms with E-state index in [1.54, 1.807) is 0 Å². The van der Waals surface area contributed by atoms with Crippen molar-refractivity contribution < 1.29 is 26.3 Å². The molecule has 0 aliphatic rings. The zero-order valence-corrected chi connectivity index (χ0v) is 12.1. The maximum absolute atomic E-state index is 12.8. The summed E-state index contributed by atoms with van der Waals surface area (Å²) in [6.45, 7) is 0. The summed E-state index contributed by atoms with van der Waals surface area (Å²) in [7, 11) is 0.961. The lowest BCUT2D eigenvalue weighted by Crippen LogP contribution is -2.08. The average molecular weight is 356 g/mol. The summed E-state index contributed by atoms with van der Waals surface area (Å²) in [6.07, 6.45) is -6.98. The Morgan fingerprint density at radius 1 is 0.682 bits per heavy atom. The lowest BCUT2D eigenvalue weighted by molar-refractivity contribution is -0.141. The van der Waals surface area contributed by atoms with Crippen molar-refractivity contribution in [3.05, 3.63) is 47.8 Å². The van der Waals surface area contributed by atoms with Gasteiger partial charge in [0.1, 0.15) is 10.1 Å². The predicted molar refractivity (Wildman–Crippen MR) is 70.2 cm³/mol. The Hall–Kier alpha value is -1.42. The maximum Gasteiger partial charge on any atom is 0.419 e. The van der Waals surface area contributed by atoms with Gasteiger partial charge in [0, 0.05) is 12.4 Å². The molecule has 0 aliphatic heterocycles. The highest BCUT2D eigenvalue weighted by atomic mass is 33.1. The zero-order valence-electron chi connectivity index (χ0n) is 10.4. The van der Waals surface area contributed by atoms with E-state index in [9.17, 15) is 26.3 Å². The van der Waals surface area contributed by atoms with Gasteiger partial charge >= 0.3 is 12.4 Å². The third-order valence-corrected chi connectivity index (χ3v) is 4.60. The maximum atomic E-state index is 12.8. The highest BCUT2D eigenvalue weighted by Crippen LogP contribution is 2.45. The molecule has 22 heavy (non-hydrogen) atoms. The number of hydrogen-bond acceptors (Lipinski definition) is 4. The van der Waals surface area contributed by atoms with Crippen molar-refractivity contribution in [2.75, 3.05) is 0 Å². The molecular weight excluding hydrogens is 350 g/mol. The van der Waals surface area contributed by atoms with E-state index in [0.717, 1.165) is 36.7 Å². The first-order valence-electron chi connectivity index (χ1n) is 5.58. The van der Waals surface area contributed by atoms with Crippen LogP contribution in [-0.2, 0) is 12.4 Å². The van der Waals surface area contributed by atoms with Crippen molar-refractivity contribution in [3.63, 3.8) is 0 Å². The van der Waals surface area contributed by atoms with Crippen LogP contribution in [-0.4, -0.2) is 9.97 Å². The Balaban J connectivity index is 2.26. The van der Waals surface area contributed by atoms with Gasteiger partial charge in [-0.3, -0.25) is 0 Å². The zero-order chi connectivity index (χ0) is 16.4. The van der Waals surface area contributed by atoms with Crippen LogP contribution in [0.2, 0.25) is 0 Å². The van der Waals surface area contributed by atoms with E-state index in [0.29, 0.717) is 21.6 Å². The van der Waals surface area contributed by atoms with Crippen LogP contribution in [0.3, 0.4) is 0 Å². The number of rotatable bonds is 3. The summed E-state index contributed by atoms with van der Waals surface area (Å²) >= 11 is 0. The van der Waals surface area contributed by atoms with Gasteiger partial charge in [-0.05, 0) is 45.9 Å². The van der Waals surface area contributed by atoms with E-state index in [1.165, 1.54) is 0 Å². The second-order valence-electron chi connectivity index (χ2n) is 3.87. The van der Waals surface area contributed by atoms with Crippen LogP contribution in [0.1, 0.15) is 11.1 Å². The highest BCUT2D eigenvalue weighted by molar-refractivity contribution is 8.76. The summed E-state index contributed by atoms with van der Waals surface area (Å²) in [5.74, 6) is 0. The molecule has 0 unspecified atom stereocenters. The summed E-state index contributed by atoms with van der Waals surface area (Å²) in [5.41, 5.74) is -2.01. The average Bonchev–Trinajstić information content (AvgIpc) is 2.44. The fourth-order valence-corrected chi connectivity index (χ4v) is 3.61. The first-order chi connectivity index (χ1) is 10.2. The topological polar surface area (TPSA) is 25.8 Å². The van der Waals surface area contributed by atoms with Crippen molar-refractivity contribution in [1.29, 1.82) is 0 Å². The first kappa shape index (κ1) is 16.9. The molecule has 2 aromatic heterocycles. The second kappa shape index (κ2) is 6.37. The molecular formula is C12H6F6N2S2. The van der Waals surface area contributed by atoms with Crippen molar-refractivity contribution in [3.8, 4) is 0 Å². The molecule has 10 heteroatoms. The van der Waals surface area contributed by atoms with Crippen molar-refractivity contribution in [2.24, 2.45) is 0 Å². The fraction of sp³-hybridized carbons (Fsp3) is 0.167. The minimum absolute atomic E-state index is 0.418. The lowest BCUT2D eigenvalue weighted by Gasteiger charge is -2.12. The third-order valence-electron chi connectivity index (χ3n) is 2.35. The van der Waals surface area contributed by atoms with Gasteiger partial charge < -0.3 is 0 Å². The lowest BCUT2D eigenvalue weighted by atomic mass is 10.3. The molecule has 2 nitrogen and oxygen atoms in total. The number of aromatic nitrogens is 2. The Labute approximate surface area is 128 Å². The molecule has 118 valence electrons. The first-order valence-corrected chi connectivity index (χ1v) is 7.73. The minimum Gasteiger partial charge on any atom is -0.248 e. The van der Waals surface area contributed by atoms with Gasteiger partial charge in [-0.2, -0.15) is 26.3 Å². The van der Waals surface area contributed by atoms with Crippen LogP contribution in [0, 0.1) is 0 Å². The van der Waals surface area contributed by atoms with Crippen molar-refractivity contribution >= 4 is 21.6 Å². The Kier molecular flexibility index (Phi) is 4.90. The normalized spacial score (nSPS) is 12.5. The van der Waals surface area contributed by atoms with Gasteiger partial charge in [0.2, 0.25) is 0 Å². The van der Waals surface area contributed by atoms with Crippen molar-refractivity contribution in [1.82, 2.24) is 9.97 Å².